The molecule has 2 aromatic heterocycles. The monoisotopic (exact) mass is 386 g/mol. The zero-order valence-corrected chi connectivity index (χ0v) is 15.9. The van der Waals surface area contributed by atoms with Crippen LogP contribution in [0.3, 0.4) is 0 Å². The molecule has 0 unspecified atom stereocenters. The number of oxazole rings is 1. The van der Waals surface area contributed by atoms with E-state index in [1.165, 1.54) is 6.26 Å². The van der Waals surface area contributed by atoms with Gasteiger partial charge in [0.15, 0.2) is 11.2 Å². The molecule has 142 valence electrons. The first kappa shape index (κ1) is 18.1. The van der Waals surface area contributed by atoms with Crippen LogP contribution in [0.4, 0.5) is 0 Å². The smallest absolute Gasteiger partial charge is 0.211 e. The summed E-state index contributed by atoms with van der Waals surface area (Å²) in [7, 11) is -3.31. The predicted octanol–water partition coefficient (Wildman–Crippen LogP) is 2.13. The molecule has 7 nitrogen and oxygen atoms in total. The second-order valence-corrected chi connectivity index (χ2v) is 8.75. The molecule has 0 saturated carbocycles. The van der Waals surface area contributed by atoms with E-state index >= 15 is 0 Å². The second kappa shape index (κ2) is 7.38. The van der Waals surface area contributed by atoms with Gasteiger partial charge in [-0.15, -0.1) is 0 Å². The first-order valence-electron chi connectivity index (χ1n) is 8.93. The van der Waals surface area contributed by atoms with Crippen LogP contribution in [-0.4, -0.2) is 48.7 Å². The average molecular weight is 386 g/mol. The van der Waals surface area contributed by atoms with Gasteiger partial charge in [0.25, 0.3) is 0 Å². The van der Waals surface area contributed by atoms with Gasteiger partial charge in [-0.3, -0.25) is 4.90 Å². The number of nitrogens with zero attached hydrogens (tertiary/aromatic N) is 3. The van der Waals surface area contributed by atoms with E-state index in [0.29, 0.717) is 30.2 Å². The number of benzene rings is 1. The van der Waals surface area contributed by atoms with Gasteiger partial charge in [0.05, 0.1) is 12.8 Å². The maximum absolute atomic E-state index is 11.9. The Labute approximate surface area is 158 Å². The fourth-order valence-electron chi connectivity index (χ4n) is 3.73. The zero-order chi connectivity index (χ0) is 18.9. The van der Waals surface area contributed by atoms with Crippen LogP contribution >= 0.6 is 0 Å². The summed E-state index contributed by atoms with van der Waals surface area (Å²) in [6, 6.07) is 13.5. The molecule has 1 saturated heterocycles. The second-order valence-electron chi connectivity index (χ2n) is 6.97. The number of hydrogen-bond donors (Lipinski definition) is 1. The van der Waals surface area contributed by atoms with Crippen LogP contribution in [0.1, 0.15) is 23.8 Å². The standard InChI is InChI=1S/C19H22N4O3S/c1-27(24,25)22-16-12-23(11-9-15(16)14-6-3-2-4-7-14)13-18-21-19-17(26-18)8-5-10-20-19/h2-8,10,15-16,22H,9,11-13H2,1H3/t15-,16+/m0/s1. The van der Waals surface area contributed by atoms with Gasteiger partial charge in [-0.2, -0.15) is 4.98 Å². The Bertz CT molecular complexity index is 987. The molecular weight excluding hydrogens is 364 g/mol. The highest BCUT2D eigenvalue weighted by molar-refractivity contribution is 7.88. The molecule has 2 atom stereocenters. The minimum Gasteiger partial charge on any atom is -0.438 e. The Morgan fingerprint density at radius 1 is 1.22 bits per heavy atom. The third-order valence-corrected chi connectivity index (χ3v) is 5.59. The van der Waals surface area contributed by atoms with E-state index in [0.717, 1.165) is 18.5 Å². The molecule has 3 aromatic rings. The van der Waals surface area contributed by atoms with Crippen molar-refractivity contribution in [3.8, 4) is 0 Å². The predicted molar refractivity (Wildman–Crippen MR) is 103 cm³/mol. The van der Waals surface area contributed by atoms with Gasteiger partial charge in [0.2, 0.25) is 15.9 Å². The van der Waals surface area contributed by atoms with Crippen LogP contribution in [0, 0.1) is 0 Å². The number of fused-ring (bicyclic) bond motifs is 1. The maximum atomic E-state index is 11.9. The lowest BCUT2D eigenvalue weighted by Gasteiger charge is -2.38. The van der Waals surface area contributed by atoms with Crippen molar-refractivity contribution in [3.05, 3.63) is 60.1 Å². The van der Waals surface area contributed by atoms with E-state index in [-0.39, 0.29) is 12.0 Å². The highest BCUT2D eigenvalue weighted by Gasteiger charge is 2.32. The Morgan fingerprint density at radius 2 is 2.04 bits per heavy atom. The molecule has 4 rings (SSSR count). The summed E-state index contributed by atoms with van der Waals surface area (Å²) in [6.45, 7) is 1.96. The topological polar surface area (TPSA) is 88.3 Å². The highest BCUT2D eigenvalue weighted by atomic mass is 32.2. The van der Waals surface area contributed by atoms with E-state index in [2.05, 4.69) is 31.7 Å². The first-order chi connectivity index (χ1) is 13.0. The van der Waals surface area contributed by atoms with Gasteiger partial charge >= 0.3 is 0 Å². The van der Waals surface area contributed by atoms with Crippen LogP contribution in [-0.2, 0) is 16.6 Å². The van der Waals surface area contributed by atoms with Crippen LogP contribution in [0.15, 0.2) is 53.1 Å². The number of nitrogens with one attached hydrogen (secondary N) is 1. The Morgan fingerprint density at radius 3 is 2.78 bits per heavy atom. The SMILES string of the molecule is CS(=O)(=O)N[C@@H]1CN(Cc2nc3ncccc3o2)CC[C@H]1c1ccccc1. The molecule has 1 N–H and O–H groups in total. The molecule has 0 bridgehead atoms. The van der Waals surface area contributed by atoms with Crippen molar-refractivity contribution < 1.29 is 12.8 Å². The zero-order valence-electron chi connectivity index (χ0n) is 15.1. The highest BCUT2D eigenvalue weighted by Crippen LogP contribution is 2.29. The summed E-state index contributed by atoms with van der Waals surface area (Å²) in [5.41, 5.74) is 2.42. The molecule has 1 aliphatic heterocycles. The summed E-state index contributed by atoms with van der Waals surface area (Å²) in [6.07, 6.45) is 3.75. The fraction of sp³-hybridized carbons (Fsp3) is 0.368. The number of hydrogen-bond acceptors (Lipinski definition) is 6. The molecule has 0 spiro atoms. The van der Waals surface area contributed by atoms with Gasteiger partial charge in [-0.1, -0.05) is 30.3 Å². The van der Waals surface area contributed by atoms with Crippen LogP contribution in [0.25, 0.3) is 11.2 Å². The largest absolute Gasteiger partial charge is 0.438 e. The summed E-state index contributed by atoms with van der Waals surface area (Å²) in [5, 5.41) is 0. The van der Waals surface area contributed by atoms with E-state index < -0.39 is 10.0 Å². The molecule has 1 fully saturated rings. The third-order valence-electron chi connectivity index (χ3n) is 4.86. The van der Waals surface area contributed by atoms with Gasteiger partial charge in [-0.05, 0) is 30.7 Å². The molecule has 1 aromatic carbocycles. The lowest BCUT2D eigenvalue weighted by Crippen LogP contribution is -2.51. The maximum Gasteiger partial charge on any atom is 0.211 e. The Hall–Kier alpha value is -2.29. The van der Waals surface area contributed by atoms with Crippen molar-refractivity contribution in [2.75, 3.05) is 19.3 Å². The molecule has 3 heterocycles. The normalized spacial score (nSPS) is 21.5. The molecule has 8 heteroatoms. The van der Waals surface area contributed by atoms with E-state index in [4.69, 9.17) is 4.42 Å². The van der Waals surface area contributed by atoms with Crippen molar-refractivity contribution in [1.82, 2.24) is 19.6 Å². The van der Waals surface area contributed by atoms with Gasteiger partial charge in [0.1, 0.15) is 0 Å². The Balaban J connectivity index is 1.53. The third kappa shape index (κ3) is 4.35. The Kier molecular flexibility index (Phi) is 4.94. The quantitative estimate of drug-likeness (QED) is 0.723. The van der Waals surface area contributed by atoms with Crippen molar-refractivity contribution in [1.29, 1.82) is 0 Å². The van der Waals surface area contributed by atoms with E-state index in [1.54, 1.807) is 6.20 Å². The molecular formula is C19H22N4O3S. The summed E-state index contributed by atoms with van der Waals surface area (Å²) in [5.74, 6) is 0.738. The van der Waals surface area contributed by atoms with Crippen molar-refractivity contribution in [2.24, 2.45) is 0 Å². The first-order valence-corrected chi connectivity index (χ1v) is 10.8. The summed E-state index contributed by atoms with van der Waals surface area (Å²) in [4.78, 5) is 10.8. The number of likely N-dealkylation sites (tertiary alicyclic amines) is 1. The number of aromatic nitrogens is 2. The van der Waals surface area contributed by atoms with Gasteiger partial charge < -0.3 is 4.42 Å². The van der Waals surface area contributed by atoms with Crippen LogP contribution < -0.4 is 4.72 Å². The van der Waals surface area contributed by atoms with Crippen LogP contribution in [0.5, 0.6) is 0 Å². The average Bonchev–Trinajstić information content (AvgIpc) is 3.03. The molecule has 0 amide bonds. The summed E-state index contributed by atoms with van der Waals surface area (Å²) >= 11 is 0. The van der Waals surface area contributed by atoms with Crippen molar-refractivity contribution in [3.63, 3.8) is 0 Å². The summed E-state index contributed by atoms with van der Waals surface area (Å²) < 4.78 is 32.4. The fourth-order valence-corrected chi connectivity index (χ4v) is 4.52. The van der Waals surface area contributed by atoms with Crippen molar-refractivity contribution >= 4 is 21.3 Å². The van der Waals surface area contributed by atoms with Crippen LogP contribution in [0.2, 0.25) is 0 Å². The minimum atomic E-state index is -3.31. The number of sulfonamides is 1. The molecule has 0 aliphatic carbocycles. The number of piperidine rings is 1. The minimum absolute atomic E-state index is 0.141. The van der Waals surface area contributed by atoms with E-state index in [9.17, 15) is 8.42 Å². The van der Waals surface area contributed by atoms with Gasteiger partial charge in [0, 0.05) is 24.7 Å². The van der Waals surface area contributed by atoms with E-state index in [1.807, 2.05) is 30.3 Å². The number of rotatable bonds is 5. The van der Waals surface area contributed by atoms with Crippen molar-refractivity contribution in [2.45, 2.75) is 24.9 Å². The number of pyridine rings is 1. The molecule has 1 aliphatic rings. The molecule has 27 heavy (non-hydrogen) atoms. The molecule has 0 radical (unpaired) electrons. The lowest BCUT2D eigenvalue weighted by atomic mass is 9.86. The van der Waals surface area contributed by atoms with Gasteiger partial charge in [-0.25, -0.2) is 18.1 Å². The lowest BCUT2D eigenvalue weighted by molar-refractivity contribution is 0.164.